The quantitative estimate of drug-likeness (QED) is 0.0208. The van der Waals surface area contributed by atoms with E-state index in [4.69, 9.17) is 36.3 Å². The lowest BCUT2D eigenvalue weighted by Gasteiger charge is -2.27. The van der Waals surface area contributed by atoms with Crippen LogP contribution in [0, 0.1) is 41.5 Å². The summed E-state index contributed by atoms with van der Waals surface area (Å²) in [6, 6.07) is 146. The molecule has 9 nitrogen and oxygen atoms in total. The highest BCUT2D eigenvalue weighted by Gasteiger charge is 2.25. The number of nitrogens with zero attached hydrogens (tertiary/aromatic N) is 2. The first-order chi connectivity index (χ1) is 66.5. The van der Waals surface area contributed by atoms with Gasteiger partial charge in [0.2, 0.25) is 0 Å². The number of esters is 2. The van der Waals surface area contributed by atoms with Gasteiger partial charge in [-0.25, -0.2) is 9.59 Å². The van der Waals surface area contributed by atoms with Gasteiger partial charge in [0.25, 0.3) is 0 Å². The molecule has 668 valence electrons. The summed E-state index contributed by atoms with van der Waals surface area (Å²) in [6.45, 7) is 21.1. The van der Waals surface area contributed by atoms with Crippen LogP contribution >= 0.6 is 11.6 Å². The smallest absolute Gasteiger partial charge is 0.330 e. The first kappa shape index (κ1) is 91.6. The number of aryl methyl sites for hydroxylation is 6. The van der Waals surface area contributed by atoms with E-state index in [-0.39, 0.29) is 13.2 Å². The Bertz CT molecular complexity index is 7370. The Kier molecular flexibility index (Phi) is 28.9. The molecule has 0 bridgehead atoms. The molecule has 0 unspecified atom stereocenters. The van der Waals surface area contributed by atoms with Crippen LogP contribution < -0.4 is 25.0 Å². The third kappa shape index (κ3) is 20.6. The van der Waals surface area contributed by atoms with Crippen LogP contribution in [-0.2, 0) is 19.1 Å². The van der Waals surface area contributed by atoms with Gasteiger partial charge in [0, 0.05) is 69.8 Å². The van der Waals surface area contributed by atoms with Gasteiger partial charge < -0.3 is 34.5 Å². The fourth-order valence-electron chi connectivity index (χ4n) is 18.1. The van der Waals surface area contributed by atoms with Gasteiger partial charge in [-0.15, -0.1) is 0 Å². The van der Waals surface area contributed by atoms with Gasteiger partial charge in [0.1, 0.15) is 11.5 Å². The number of carbonyl (C=O) groups excluding carboxylic acids is 2. The number of hydrogen-bond acceptors (Lipinski definition) is 9. The zero-order chi connectivity index (χ0) is 94.0. The van der Waals surface area contributed by atoms with Crippen molar-refractivity contribution >= 4 is 128 Å². The number of carbonyl (C=O) groups is 2. The number of halogens is 1. The van der Waals surface area contributed by atoms with Gasteiger partial charge in [0.05, 0.1) is 26.4 Å². The van der Waals surface area contributed by atoms with Gasteiger partial charge in [-0.05, 0) is 311 Å². The van der Waals surface area contributed by atoms with Crippen molar-refractivity contribution in [3.63, 3.8) is 0 Å². The molecule has 0 aliphatic rings. The number of benzene rings is 20. The highest BCUT2D eigenvalue weighted by molar-refractivity contribution is 6.31. The van der Waals surface area contributed by atoms with Crippen LogP contribution in [0.15, 0.2) is 438 Å². The average molecular weight is 1790 g/mol. The highest BCUT2D eigenvalue weighted by Crippen LogP contribution is 2.51. The molecule has 0 saturated heterocycles. The van der Waals surface area contributed by atoms with Crippen LogP contribution in [-0.4, -0.2) is 38.4 Å². The number of hydrogen-bond donors (Lipinski definition) is 1. The molecule has 10 heteroatoms. The zero-order valence-electron chi connectivity index (χ0n) is 77.4. The summed E-state index contributed by atoms with van der Waals surface area (Å²) in [5.41, 5.74) is 34.8. The largest absolute Gasteiger partial charge is 0.493 e. The zero-order valence-corrected chi connectivity index (χ0v) is 78.1. The Labute approximate surface area is 801 Å². The third-order valence-electron chi connectivity index (χ3n) is 24.7. The predicted octanol–water partition coefficient (Wildman–Crippen LogP) is 33.7. The normalized spacial score (nSPS) is 10.9. The number of nitrogen functional groups attached to an aromatic ring is 1. The summed E-state index contributed by atoms with van der Waals surface area (Å²) in [4.78, 5) is 27.4. The Hall–Kier alpha value is -16.3. The van der Waals surface area contributed by atoms with E-state index >= 15 is 0 Å². The summed E-state index contributed by atoms with van der Waals surface area (Å²) in [5, 5.41) is 15.7. The fourth-order valence-corrected chi connectivity index (χ4v) is 18.3. The first-order valence-corrected chi connectivity index (χ1v) is 46.5. The van der Waals surface area contributed by atoms with Crippen LogP contribution in [0.1, 0.15) is 46.2 Å². The third-order valence-corrected chi connectivity index (χ3v) is 25.0. The number of anilines is 7. The Morgan fingerprint density at radius 1 is 0.272 bits per heavy atom. The molecule has 20 aromatic rings. The van der Waals surface area contributed by atoms with E-state index in [1.165, 1.54) is 154 Å². The van der Waals surface area contributed by atoms with Crippen LogP contribution in [0.3, 0.4) is 0 Å². The molecule has 0 saturated carbocycles. The Morgan fingerprint density at radius 2 is 0.507 bits per heavy atom. The van der Waals surface area contributed by atoms with Crippen LogP contribution in [0.25, 0.3) is 131 Å². The van der Waals surface area contributed by atoms with Gasteiger partial charge in [-0.1, -0.05) is 333 Å². The van der Waals surface area contributed by atoms with Crippen LogP contribution in [0.5, 0.6) is 11.5 Å². The minimum atomic E-state index is -0.444. The molecule has 2 N–H and O–H groups in total. The Morgan fingerprint density at radius 3 is 0.779 bits per heavy atom. The first-order valence-electron chi connectivity index (χ1n) is 46.1. The predicted molar refractivity (Wildman–Crippen MR) is 573 cm³/mol. The van der Waals surface area contributed by atoms with E-state index < -0.39 is 11.9 Å². The number of nitrogens with two attached hydrogens (primary N) is 1. The van der Waals surface area contributed by atoms with E-state index in [0.717, 1.165) is 68.1 Å². The summed E-state index contributed by atoms with van der Waals surface area (Å²) in [6.07, 6.45) is 3.43. The number of ether oxygens (including phenoxy) is 4. The second-order valence-corrected chi connectivity index (χ2v) is 34.4. The van der Waals surface area contributed by atoms with Crippen molar-refractivity contribution in [3.05, 3.63) is 476 Å². The molecule has 0 aliphatic heterocycles. The molecule has 20 rings (SSSR count). The van der Waals surface area contributed by atoms with E-state index in [2.05, 4.69) is 391 Å². The molecule has 0 amide bonds. The van der Waals surface area contributed by atoms with Gasteiger partial charge >= 0.3 is 11.9 Å². The summed E-state index contributed by atoms with van der Waals surface area (Å²) < 4.78 is 22.1. The molecule has 0 fully saturated rings. The minimum Gasteiger partial charge on any atom is -0.493 e. The average Bonchev–Trinajstić information content (AvgIpc) is 0.735. The molecule has 0 radical (unpaired) electrons. The molecule has 0 aromatic heterocycles. The highest BCUT2D eigenvalue weighted by atomic mass is 35.5. The Balaban J connectivity index is 0.000000143. The van der Waals surface area contributed by atoms with Gasteiger partial charge in [-0.3, -0.25) is 0 Å². The lowest BCUT2D eigenvalue weighted by Crippen LogP contribution is -2.11. The van der Waals surface area contributed by atoms with Crippen molar-refractivity contribution in [3.8, 4) is 78.3 Å². The molecular weight excluding hydrogens is 1690 g/mol. The maximum atomic E-state index is 11.4. The summed E-state index contributed by atoms with van der Waals surface area (Å²) in [5.74, 6) is 0.533. The molecule has 136 heavy (non-hydrogen) atoms. The second kappa shape index (κ2) is 42.9. The maximum Gasteiger partial charge on any atom is 0.330 e. The molecule has 0 aliphatic carbocycles. The van der Waals surface area contributed by atoms with Crippen molar-refractivity contribution in [2.75, 3.05) is 42.0 Å². The van der Waals surface area contributed by atoms with E-state index in [9.17, 15) is 9.59 Å². The second-order valence-electron chi connectivity index (χ2n) is 34.0. The number of fused-ring (bicyclic) bond motifs is 6. The number of rotatable bonds is 24. The van der Waals surface area contributed by atoms with E-state index in [1.807, 2.05) is 85.8 Å². The van der Waals surface area contributed by atoms with Gasteiger partial charge in [0.15, 0.2) is 0 Å². The molecule has 0 heterocycles. The fraction of sp³-hybridized carbons (Fsp3) is 0.0952. The molecule has 0 spiro atoms. The molecular formula is C126H106ClN3O6. The lowest BCUT2D eigenvalue weighted by molar-refractivity contribution is -0.138. The monoisotopic (exact) mass is 1790 g/mol. The standard InChI is InChI=1S/C51H45NO6.C41H33N.C27H19Cl.C7H9N/c1-4-48(53)57-33-13-31-55-41-27-23-38(24-28-41)52(39-25-29-42(30-26-39)56-32-14-34-58-49(54)5-2)40-22-21-36(3)47(35-40)51-45-19-11-9-17-43(45)50(37-15-7-6-8-16-37)44-18-10-12-20-46(44)51;1-28-17-22-32(23-18-28)42(33-24-19-29(2)20-25-33)34-26-21-30(3)39(27-34)41-37-15-9-7-13-35(37)40(31-11-5-4-6-12-31)36-14-8-10-16-38(36)41;1-18-15-16-20(28)17-25(18)27-23-13-7-5-11-21(23)26(19-9-3-2-4-10-19)22-12-6-8-14-24(22)27;1-6-2-4-7(8)5-3-6/h4-12,15-30,35H,1-2,13-14,31-34H2,3H3;4-27H,1-3H3;2-17H,1H3;2-5H,8H2,1H3. The van der Waals surface area contributed by atoms with Gasteiger partial charge in [-0.2, -0.15) is 0 Å². The van der Waals surface area contributed by atoms with E-state index in [1.54, 1.807) is 0 Å². The summed E-state index contributed by atoms with van der Waals surface area (Å²) >= 11 is 6.40. The minimum absolute atomic E-state index is 0.258. The van der Waals surface area contributed by atoms with Crippen molar-refractivity contribution in [2.24, 2.45) is 0 Å². The maximum absolute atomic E-state index is 11.4. The van der Waals surface area contributed by atoms with Crippen molar-refractivity contribution in [2.45, 2.75) is 54.4 Å². The van der Waals surface area contributed by atoms with Crippen molar-refractivity contribution < 1.29 is 28.5 Å². The SMILES string of the molecule is C=CC(=O)OCCCOc1ccc(N(c2ccc(OCCCOC(=O)C=C)cc2)c2ccc(C)c(-c3c4ccccc4c(-c4ccccc4)c4ccccc34)c2)cc1.Cc1ccc(Cl)cc1-c1c2ccccc2c(-c2ccccc2)c2ccccc12.Cc1ccc(N(c2ccc(C)cc2)c2ccc(C)c(-c3c4ccccc4c(-c4ccccc4)c4ccccc34)c2)cc1.Cc1ccc(N)cc1. The molecule has 0 atom stereocenters. The van der Waals surface area contributed by atoms with Crippen molar-refractivity contribution in [1.82, 2.24) is 0 Å². The topological polar surface area (TPSA) is 104 Å². The molecule has 20 aromatic carbocycles. The van der Waals surface area contributed by atoms with Crippen molar-refractivity contribution in [1.29, 1.82) is 0 Å². The van der Waals surface area contributed by atoms with Crippen LogP contribution in [0.4, 0.5) is 39.8 Å². The summed E-state index contributed by atoms with van der Waals surface area (Å²) in [7, 11) is 0. The van der Waals surface area contributed by atoms with Crippen LogP contribution in [0.2, 0.25) is 5.02 Å². The lowest BCUT2D eigenvalue weighted by atomic mass is 9.85. The van der Waals surface area contributed by atoms with E-state index in [0.29, 0.717) is 37.6 Å².